The van der Waals surface area contributed by atoms with Gasteiger partial charge in [0.15, 0.2) is 16.6 Å². The van der Waals surface area contributed by atoms with E-state index in [0.29, 0.717) is 63.1 Å². The van der Waals surface area contributed by atoms with Crippen LogP contribution < -0.4 is 19.1 Å². The first-order valence-corrected chi connectivity index (χ1v) is 14.1. The summed E-state index contributed by atoms with van der Waals surface area (Å²) in [5, 5.41) is 2.87. The predicted octanol–water partition coefficient (Wildman–Crippen LogP) is 1.66. The molecule has 1 aromatic heterocycles. The van der Waals surface area contributed by atoms with Crippen molar-refractivity contribution in [2.75, 3.05) is 56.3 Å². The van der Waals surface area contributed by atoms with Crippen molar-refractivity contribution in [3.63, 3.8) is 0 Å². The van der Waals surface area contributed by atoms with E-state index in [9.17, 15) is 13.2 Å². The van der Waals surface area contributed by atoms with E-state index in [1.165, 1.54) is 12.1 Å². The Labute approximate surface area is 196 Å². The summed E-state index contributed by atoms with van der Waals surface area (Å²) in [6, 6.07) is 3.67. The maximum atomic E-state index is 13.3. The standard InChI is InChI=1S/C20H26N4O5S3/c1-30-12-4-16(19(25)23-6-8-24(9-7-23)20-21-5-13-31-20)22-32(26,27)15-2-3-17-18(14-15)29-11-10-28-17/h2-3,5,13-14,16,22H,4,6-12H2,1H3. The summed E-state index contributed by atoms with van der Waals surface area (Å²) < 4.78 is 39.8. The van der Waals surface area contributed by atoms with Crippen molar-refractivity contribution >= 4 is 44.2 Å². The minimum Gasteiger partial charge on any atom is -0.486 e. The number of piperazine rings is 1. The Hall–Kier alpha value is -2.02. The van der Waals surface area contributed by atoms with Gasteiger partial charge in [0.1, 0.15) is 19.3 Å². The van der Waals surface area contributed by atoms with Crippen molar-refractivity contribution < 1.29 is 22.7 Å². The van der Waals surface area contributed by atoms with Crippen LogP contribution in [0.2, 0.25) is 0 Å². The third-order valence-electron chi connectivity index (χ3n) is 5.31. The van der Waals surface area contributed by atoms with E-state index in [2.05, 4.69) is 14.6 Å². The second-order valence-corrected chi connectivity index (χ2v) is 11.0. The van der Waals surface area contributed by atoms with E-state index >= 15 is 0 Å². The van der Waals surface area contributed by atoms with Crippen LogP contribution in [0.4, 0.5) is 5.13 Å². The molecule has 1 atom stereocenters. The molecule has 1 amide bonds. The summed E-state index contributed by atoms with van der Waals surface area (Å²) in [5.74, 6) is 1.38. The molecule has 3 heterocycles. The zero-order valence-corrected chi connectivity index (χ0v) is 20.2. The van der Waals surface area contributed by atoms with Gasteiger partial charge < -0.3 is 19.3 Å². The van der Waals surface area contributed by atoms with Crippen molar-refractivity contribution in [3.05, 3.63) is 29.8 Å². The zero-order chi connectivity index (χ0) is 22.6. The molecular formula is C20H26N4O5S3. The number of nitrogens with one attached hydrogen (secondary N) is 1. The van der Waals surface area contributed by atoms with Crippen LogP contribution >= 0.6 is 23.1 Å². The lowest BCUT2D eigenvalue weighted by Gasteiger charge is -2.36. The highest BCUT2D eigenvalue weighted by molar-refractivity contribution is 7.98. The van der Waals surface area contributed by atoms with Crippen molar-refractivity contribution in [2.45, 2.75) is 17.4 Å². The highest BCUT2D eigenvalue weighted by Gasteiger charge is 2.31. The molecule has 12 heteroatoms. The van der Waals surface area contributed by atoms with Crippen molar-refractivity contribution in [1.82, 2.24) is 14.6 Å². The van der Waals surface area contributed by atoms with Gasteiger partial charge in [0, 0.05) is 43.8 Å². The molecule has 9 nitrogen and oxygen atoms in total. The van der Waals surface area contributed by atoms with Crippen LogP contribution in [0.3, 0.4) is 0 Å². The summed E-state index contributed by atoms with van der Waals surface area (Å²) in [5.41, 5.74) is 0. The van der Waals surface area contributed by atoms with Gasteiger partial charge in [-0.2, -0.15) is 16.5 Å². The fourth-order valence-electron chi connectivity index (χ4n) is 3.63. The van der Waals surface area contributed by atoms with Gasteiger partial charge in [0.2, 0.25) is 15.9 Å². The Morgan fingerprint density at radius 3 is 2.66 bits per heavy atom. The molecule has 0 radical (unpaired) electrons. The summed E-state index contributed by atoms with van der Waals surface area (Å²) in [7, 11) is -3.91. The molecule has 4 rings (SSSR count). The number of rotatable bonds is 8. The van der Waals surface area contributed by atoms with Crippen molar-refractivity contribution in [3.8, 4) is 11.5 Å². The SMILES string of the molecule is CSCCC(NS(=O)(=O)c1ccc2c(c1)OCCO2)C(=O)N1CCN(c2nccs2)CC1. The zero-order valence-electron chi connectivity index (χ0n) is 17.7. The third kappa shape index (κ3) is 5.30. The molecule has 1 N–H and O–H groups in total. The molecule has 174 valence electrons. The smallest absolute Gasteiger partial charge is 0.241 e. The molecule has 0 saturated carbocycles. The number of thiazole rings is 1. The number of carbonyl (C=O) groups is 1. The number of sulfonamides is 1. The van der Waals surface area contributed by atoms with Gasteiger partial charge in [-0.05, 0) is 30.6 Å². The number of anilines is 1. The van der Waals surface area contributed by atoms with Gasteiger partial charge in [0.05, 0.1) is 4.90 Å². The number of carbonyl (C=O) groups excluding carboxylic acids is 1. The Kier molecular flexibility index (Phi) is 7.44. The highest BCUT2D eigenvalue weighted by atomic mass is 32.2. The molecule has 32 heavy (non-hydrogen) atoms. The van der Waals surface area contributed by atoms with E-state index in [1.54, 1.807) is 40.3 Å². The molecule has 0 spiro atoms. The number of benzene rings is 1. The molecule has 0 aliphatic carbocycles. The van der Waals surface area contributed by atoms with Crippen LogP contribution in [0, 0.1) is 0 Å². The summed E-state index contributed by atoms with van der Waals surface area (Å²) >= 11 is 3.15. The van der Waals surface area contributed by atoms with Gasteiger partial charge >= 0.3 is 0 Å². The fourth-order valence-corrected chi connectivity index (χ4v) is 6.03. The first-order valence-electron chi connectivity index (χ1n) is 10.3. The van der Waals surface area contributed by atoms with Crippen LogP contribution in [0.25, 0.3) is 0 Å². The Morgan fingerprint density at radius 2 is 1.97 bits per heavy atom. The highest BCUT2D eigenvalue weighted by Crippen LogP contribution is 2.32. The van der Waals surface area contributed by atoms with Gasteiger partial charge in [-0.1, -0.05) is 0 Å². The Balaban J connectivity index is 1.45. The largest absolute Gasteiger partial charge is 0.486 e. The second-order valence-electron chi connectivity index (χ2n) is 7.39. The molecule has 2 aliphatic heterocycles. The molecule has 1 saturated heterocycles. The minimum absolute atomic E-state index is 0.0530. The Bertz CT molecular complexity index is 1020. The van der Waals surface area contributed by atoms with E-state index in [0.717, 1.165) is 5.13 Å². The van der Waals surface area contributed by atoms with Gasteiger partial charge in [0.25, 0.3) is 0 Å². The van der Waals surface area contributed by atoms with E-state index < -0.39 is 16.1 Å². The lowest BCUT2D eigenvalue weighted by atomic mass is 10.2. The monoisotopic (exact) mass is 498 g/mol. The lowest BCUT2D eigenvalue weighted by molar-refractivity contribution is -0.133. The van der Waals surface area contributed by atoms with Crippen LogP contribution in [-0.4, -0.2) is 81.7 Å². The number of hydrogen-bond donors (Lipinski definition) is 1. The molecule has 0 bridgehead atoms. The summed E-state index contributed by atoms with van der Waals surface area (Å²) in [6.45, 7) is 3.19. The van der Waals surface area contributed by atoms with Crippen LogP contribution in [0.5, 0.6) is 11.5 Å². The molecular weight excluding hydrogens is 472 g/mol. The first-order chi connectivity index (χ1) is 15.5. The quantitative estimate of drug-likeness (QED) is 0.587. The Morgan fingerprint density at radius 1 is 1.22 bits per heavy atom. The average Bonchev–Trinajstić information content (AvgIpc) is 3.36. The van der Waals surface area contributed by atoms with Gasteiger partial charge in [-0.3, -0.25) is 4.79 Å². The number of fused-ring (bicyclic) bond motifs is 1. The van der Waals surface area contributed by atoms with Crippen LogP contribution in [0.15, 0.2) is 34.7 Å². The fraction of sp³-hybridized carbons (Fsp3) is 0.500. The molecule has 2 aromatic rings. The number of hydrogen-bond acceptors (Lipinski definition) is 9. The second kappa shape index (κ2) is 10.3. The van der Waals surface area contributed by atoms with Gasteiger partial charge in [-0.25, -0.2) is 13.4 Å². The average molecular weight is 499 g/mol. The van der Waals surface area contributed by atoms with E-state index in [1.807, 2.05) is 11.6 Å². The van der Waals surface area contributed by atoms with E-state index in [-0.39, 0.29) is 10.8 Å². The number of nitrogens with zero attached hydrogens (tertiary/aromatic N) is 3. The summed E-state index contributed by atoms with van der Waals surface area (Å²) in [4.78, 5) is 21.5. The number of ether oxygens (including phenoxy) is 2. The number of thioether (sulfide) groups is 1. The maximum Gasteiger partial charge on any atom is 0.241 e. The van der Waals surface area contributed by atoms with Crippen LogP contribution in [0.1, 0.15) is 6.42 Å². The molecule has 1 aromatic carbocycles. The first kappa shape index (κ1) is 23.1. The summed E-state index contributed by atoms with van der Waals surface area (Å²) in [6.07, 6.45) is 4.11. The van der Waals surface area contributed by atoms with Crippen molar-refractivity contribution in [2.24, 2.45) is 0 Å². The van der Waals surface area contributed by atoms with Gasteiger partial charge in [-0.15, -0.1) is 11.3 Å². The molecule has 1 unspecified atom stereocenters. The normalized spacial score (nSPS) is 17.3. The van der Waals surface area contributed by atoms with Crippen molar-refractivity contribution in [1.29, 1.82) is 0 Å². The molecule has 2 aliphatic rings. The third-order valence-corrected chi connectivity index (χ3v) is 8.26. The molecule has 1 fully saturated rings. The lowest BCUT2D eigenvalue weighted by Crippen LogP contribution is -2.55. The minimum atomic E-state index is -3.91. The number of amides is 1. The predicted molar refractivity (Wildman–Crippen MR) is 125 cm³/mol. The number of aromatic nitrogens is 1. The van der Waals surface area contributed by atoms with E-state index in [4.69, 9.17) is 9.47 Å². The maximum absolute atomic E-state index is 13.3. The van der Waals surface area contributed by atoms with Crippen LogP contribution in [-0.2, 0) is 14.8 Å². The topological polar surface area (TPSA) is 101 Å².